The average molecular weight is 381 g/mol. The van der Waals surface area contributed by atoms with Crippen LogP contribution in [0.15, 0.2) is 29.6 Å². The lowest BCUT2D eigenvalue weighted by Gasteiger charge is -2.21. The van der Waals surface area contributed by atoms with Crippen molar-refractivity contribution in [1.82, 2.24) is 10.3 Å². The van der Waals surface area contributed by atoms with Crippen LogP contribution >= 0.6 is 11.3 Å². The molecule has 0 bridgehead atoms. The molecule has 2 aromatic rings. The van der Waals surface area contributed by atoms with Gasteiger partial charge in [-0.25, -0.2) is 4.98 Å². The summed E-state index contributed by atoms with van der Waals surface area (Å²) < 4.78 is 29.8. The van der Waals surface area contributed by atoms with E-state index >= 15 is 0 Å². The number of aromatic nitrogens is 1. The normalized spacial score (nSPS) is 17.2. The van der Waals surface area contributed by atoms with E-state index in [1.165, 1.54) is 17.4 Å². The molecule has 0 aliphatic carbocycles. The molecule has 1 saturated heterocycles. The molecule has 8 heteroatoms. The summed E-state index contributed by atoms with van der Waals surface area (Å²) in [4.78, 5) is 18.7. The Kier molecular flexibility index (Phi) is 5.70. The number of benzene rings is 1. The molecule has 1 aromatic carbocycles. The molecule has 26 heavy (non-hydrogen) atoms. The fraction of sp³-hybridized carbons (Fsp3) is 0.444. The standard InChI is InChI=1S/C18H21F2N3O2S/c1-11(2)17-22-13(10-26-17)16(24)21-12-7-8-23(9-12)14-5-3-4-6-15(14)25-18(19)20/h3-6,10-12,18H,7-9H2,1-2H3,(H,21,24)/t12-/m0/s1. The number of para-hydroxylation sites is 2. The molecular weight excluding hydrogens is 360 g/mol. The quantitative estimate of drug-likeness (QED) is 0.825. The van der Waals surface area contributed by atoms with Crippen LogP contribution in [0.1, 0.15) is 41.7 Å². The maximum absolute atomic E-state index is 12.6. The minimum Gasteiger partial charge on any atom is -0.433 e. The van der Waals surface area contributed by atoms with Gasteiger partial charge in [-0.1, -0.05) is 26.0 Å². The number of halogens is 2. The first-order chi connectivity index (χ1) is 12.4. The minimum atomic E-state index is -2.87. The van der Waals surface area contributed by atoms with Gasteiger partial charge < -0.3 is 15.0 Å². The lowest BCUT2D eigenvalue weighted by atomic mass is 10.2. The van der Waals surface area contributed by atoms with Gasteiger partial charge in [0.1, 0.15) is 11.4 Å². The fourth-order valence-electron chi connectivity index (χ4n) is 2.93. The minimum absolute atomic E-state index is 0.0636. The highest BCUT2D eigenvalue weighted by atomic mass is 32.1. The van der Waals surface area contributed by atoms with Gasteiger partial charge in [-0.2, -0.15) is 8.78 Å². The Morgan fingerprint density at radius 2 is 2.15 bits per heavy atom. The summed E-state index contributed by atoms with van der Waals surface area (Å²) in [5, 5.41) is 5.68. The number of thiazole rings is 1. The molecule has 1 atom stereocenters. The molecule has 0 unspecified atom stereocenters. The van der Waals surface area contributed by atoms with Gasteiger partial charge in [-0.3, -0.25) is 4.79 Å². The highest BCUT2D eigenvalue weighted by Gasteiger charge is 2.27. The molecule has 5 nitrogen and oxygen atoms in total. The largest absolute Gasteiger partial charge is 0.433 e. The first kappa shape index (κ1) is 18.6. The number of alkyl halides is 2. The summed E-state index contributed by atoms with van der Waals surface area (Å²) >= 11 is 1.48. The number of carbonyl (C=O) groups is 1. The van der Waals surface area contributed by atoms with Crippen molar-refractivity contribution in [3.63, 3.8) is 0 Å². The predicted molar refractivity (Wildman–Crippen MR) is 97.4 cm³/mol. The van der Waals surface area contributed by atoms with E-state index in [-0.39, 0.29) is 23.6 Å². The van der Waals surface area contributed by atoms with E-state index in [1.54, 1.807) is 23.6 Å². The third-order valence-corrected chi connectivity index (χ3v) is 5.34. The van der Waals surface area contributed by atoms with E-state index < -0.39 is 6.61 Å². The van der Waals surface area contributed by atoms with Crippen LogP contribution in [0, 0.1) is 0 Å². The van der Waals surface area contributed by atoms with Crippen LogP contribution in [0.2, 0.25) is 0 Å². The molecule has 1 aromatic heterocycles. The molecule has 1 amide bonds. The summed E-state index contributed by atoms with van der Waals surface area (Å²) in [5.41, 5.74) is 1.04. The van der Waals surface area contributed by atoms with E-state index in [1.807, 2.05) is 18.7 Å². The van der Waals surface area contributed by atoms with Crippen LogP contribution in [-0.4, -0.2) is 36.6 Å². The molecule has 0 spiro atoms. The first-order valence-electron chi connectivity index (χ1n) is 8.49. The summed E-state index contributed by atoms with van der Waals surface area (Å²) in [7, 11) is 0. The van der Waals surface area contributed by atoms with Gasteiger partial charge in [0, 0.05) is 30.4 Å². The Labute approximate surface area is 155 Å². The van der Waals surface area contributed by atoms with E-state index in [4.69, 9.17) is 0 Å². The smallest absolute Gasteiger partial charge is 0.387 e. The van der Waals surface area contributed by atoms with Gasteiger partial charge in [-0.15, -0.1) is 11.3 Å². The number of nitrogens with zero attached hydrogens (tertiary/aromatic N) is 2. The summed E-state index contributed by atoms with van der Waals surface area (Å²) in [6, 6.07) is 6.65. The third-order valence-electron chi connectivity index (χ3n) is 4.19. The molecule has 3 rings (SSSR count). The number of amides is 1. The number of anilines is 1. The summed E-state index contributed by atoms with van der Waals surface area (Å²) in [5.74, 6) is 0.238. The van der Waals surface area contributed by atoms with Crippen molar-refractivity contribution in [2.24, 2.45) is 0 Å². The second kappa shape index (κ2) is 7.99. The van der Waals surface area contributed by atoms with E-state index in [2.05, 4.69) is 15.0 Å². The van der Waals surface area contributed by atoms with Crippen LogP contribution in [-0.2, 0) is 0 Å². The Morgan fingerprint density at radius 3 is 2.85 bits per heavy atom. The predicted octanol–water partition coefficient (Wildman–Crippen LogP) is 3.88. The summed E-state index contributed by atoms with van der Waals surface area (Å²) in [6.45, 7) is 2.40. The SMILES string of the molecule is CC(C)c1nc(C(=O)N[C@H]2CCN(c3ccccc3OC(F)F)C2)cs1. The highest BCUT2D eigenvalue weighted by molar-refractivity contribution is 7.09. The number of nitrogens with one attached hydrogen (secondary N) is 1. The number of rotatable bonds is 6. The topological polar surface area (TPSA) is 54.5 Å². The second-order valence-electron chi connectivity index (χ2n) is 6.48. The fourth-order valence-corrected chi connectivity index (χ4v) is 3.74. The Hall–Kier alpha value is -2.22. The molecule has 1 aliphatic rings. The second-order valence-corrected chi connectivity index (χ2v) is 7.37. The molecule has 0 saturated carbocycles. The summed E-state index contributed by atoms with van der Waals surface area (Å²) in [6.07, 6.45) is 0.732. The first-order valence-corrected chi connectivity index (χ1v) is 9.37. The van der Waals surface area contributed by atoms with E-state index in [0.29, 0.717) is 24.5 Å². The van der Waals surface area contributed by atoms with Crippen LogP contribution in [0.5, 0.6) is 5.75 Å². The van der Waals surface area contributed by atoms with Crippen molar-refractivity contribution in [2.45, 2.75) is 38.8 Å². The van der Waals surface area contributed by atoms with Gasteiger partial charge in [0.05, 0.1) is 10.7 Å². The lowest BCUT2D eigenvalue weighted by Crippen LogP contribution is -2.37. The van der Waals surface area contributed by atoms with Crippen LogP contribution in [0.3, 0.4) is 0 Å². The van der Waals surface area contributed by atoms with E-state index in [9.17, 15) is 13.6 Å². The van der Waals surface area contributed by atoms with Gasteiger partial charge in [0.15, 0.2) is 0 Å². The van der Waals surface area contributed by atoms with Crippen molar-refractivity contribution in [3.05, 3.63) is 40.3 Å². The van der Waals surface area contributed by atoms with Gasteiger partial charge >= 0.3 is 6.61 Å². The van der Waals surface area contributed by atoms with Crippen LogP contribution in [0.4, 0.5) is 14.5 Å². The Balaban J connectivity index is 1.63. The number of hydrogen-bond donors (Lipinski definition) is 1. The average Bonchev–Trinajstić information content (AvgIpc) is 3.24. The molecule has 0 radical (unpaired) electrons. The third kappa shape index (κ3) is 4.30. The molecule has 1 fully saturated rings. The van der Waals surface area contributed by atoms with Crippen molar-refractivity contribution in [1.29, 1.82) is 0 Å². The van der Waals surface area contributed by atoms with Crippen LogP contribution < -0.4 is 15.0 Å². The van der Waals surface area contributed by atoms with E-state index in [0.717, 1.165) is 11.4 Å². The number of hydrogen-bond acceptors (Lipinski definition) is 5. The lowest BCUT2D eigenvalue weighted by molar-refractivity contribution is -0.0495. The molecule has 1 aliphatic heterocycles. The number of ether oxygens (including phenoxy) is 1. The van der Waals surface area contributed by atoms with Crippen molar-refractivity contribution in [2.75, 3.05) is 18.0 Å². The monoisotopic (exact) mass is 381 g/mol. The van der Waals surface area contributed by atoms with Crippen molar-refractivity contribution in [3.8, 4) is 5.75 Å². The maximum Gasteiger partial charge on any atom is 0.387 e. The van der Waals surface area contributed by atoms with Gasteiger partial charge in [0.25, 0.3) is 5.91 Å². The zero-order valence-corrected chi connectivity index (χ0v) is 15.4. The van der Waals surface area contributed by atoms with Crippen molar-refractivity contribution < 1.29 is 18.3 Å². The molecule has 1 N–H and O–H groups in total. The molecule has 140 valence electrons. The Morgan fingerprint density at radius 1 is 1.38 bits per heavy atom. The highest BCUT2D eigenvalue weighted by Crippen LogP contribution is 2.31. The van der Waals surface area contributed by atoms with Crippen molar-refractivity contribution >= 4 is 22.9 Å². The maximum atomic E-state index is 12.6. The zero-order chi connectivity index (χ0) is 18.7. The molecule has 2 heterocycles. The Bertz CT molecular complexity index is 766. The molecular formula is C18H21F2N3O2S. The van der Waals surface area contributed by atoms with Gasteiger partial charge in [-0.05, 0) is 18.6 Å². The zero-order valence-electron chi connectivity index (χ0n) is 14.6. The van der Waals surface area contributed by atoms with Gasteiger partial charge in [0.2, 0.25) is 0 Å². The van der Waals surface area contributed by atoms with Crippen LogP contribution in [0.25, 0.3) is 0 Å². The number of carbonyl (C=O) groups excluding carboxylic acids is 1.